The predicted molar refractivity (Wildman–Crippen MR) is 167 cm³/mol. The van der Waals surface area contributed by atoms with E-state index >= 15 is 0 Å². The highest BCUT2D eigenvalue weighted by atomic mass is 32.1. The van der Waals surface area contributed by atoms with Crippen molar-refractivity contribution in [3.8, 4) is 5.75 Å². The van der Waals surface area contributed by atoms with Gasteiger partial charge in [-0.15, -0.1) is 17.9 Å². The molecule has 0 radical (unpaired) electrons. The zero-order valence-electron chi connectivity index (χ0n) is 23.5. The minimum absolute atomic E-state index is 0.0622. The maximum absolute atomic E-state index is 13.9. The molecule has 4 rings (SSSR count). The zero-order chi connectivity index (χ0) is 29.2. The third-order valence-electron chi connectivity index (χ3n) is 6.74. The second-order valence-corrected chi connectivity index (χ2v) is 10.9. The van der Waals surface area contributed by atoms with Crippen molar-refractivity contribution in [1.82, 2.24) is 20.7 Å². The van der Waals surface area contributed by atoms with Crippen molar-refractivity contribution in [2.45, 2.75) is 26.2 Å². The lowest BCUT2D eigenvalue weighted by atomic mass is 10.1. The number of hydrogen-bond donors (Lipinski definition) is 3. The van der Waals surface area contributed by atoms with E-state index in [1.165, 1.54) is 26.2 Å². The van der Waals surface area contributed by atoms with Crippen molar-refractivity contribution >= 4 is 39.4 Å². The number of phenols is 1. The molecule has 0 aliphatic carbocycles. The Kier molecular flexibility index (Phi) is 10.6. The van der Waals surface area contributed by atoms with Gasteiger partial charge in [0.1, 0.15) is 11.9 Å². The van der Waals surface area contributed by atoms with E-state index in [0.29, 0.717) is 38.3 Å². The molecule has 0 aliphatic rings. The number of amides is 2. The van der Waals surface area contributed by atoms with Gasteiger partial charge in [0, 0.05) is 36.6 Å². The number of hydrazine groups is 1. The second kappa shape index (κ2) is 14.6. The summed E-state index contributed by atoms with van der Waals surface area (Å²) >= 11 is 1.74. The van der Waals surface area contributed by atoms with Crippen LogP contribution < -0.4 is 15.6 Å². The van der Waals surface area contributed by atoms with Crippen LogP contribution in [-0.4, -0.2) is 60.2 Å². The molecular weight excluding hydrogens is 534 g/mol. The minimum Gasteiger partial charge on any atom is -0.508 e. The van der Waals surface area contributed by atoms with E-state index in [9.17, 15) is 14.7 Å². The van der Waals surface area contributed by atoms with Crippen LogP contribution in [0.4, 0.5) is 5.69 Å². The molecule has 0 fully saturated rings. The highest BCUT2D eigenvalue weighted by Crippen LogP contribution is 2.28. The quantitative estimate of drug-likeness (QED) is 0.0834. The number of carbonyl (C=O) groups excluding carboxylic acids is 2. The molecule has 0 bridgehead atoms. The Labute approximate surface area is 245 Å². The fourth-order valence-corrected chi connectivity index (χ4v) is 5.72. The van der Waals surface area contributed by atoms with Gasteiger partial charge in [-0.3, -0.25) is 30.1 Å². The maximum atomic E-state index is 13.9. The second-order valence-electron chi connectivity index (χ2n) is 10.0. The van der Waals surface area contributed by atoms with E-state index in [4.69, 9.17) is 0 Å². The molecule has 1 atom stereocenters. The molecule has 3 N–H and O–H groups in total. The van der Waals surface area contributed by atoms with Crippen molar-refractivity contribution in [2.75, 3.05) is 31.6 Å². The van der Waals surface area contributed by atoms with E-state index in [1.807, 2.05) is 37.4 Å². The van der Waals surface area contributed by atoms with E-state index in [-0.39, 0.29) is 18.2 Å². The molecule has 0 saturated heterocycles. The van der Waals surface area contributed by atoms with Gasteiger partial charge in [0.05, 0.1) is 6.54 Å². The van der Waals surface area contributed by atoms with Crippen molar-refractivity contribution in [1.29, 1.82) is 0 Å². The van der Waals surface area contributed by atoms with Gasteiger partial charge in [0.25, 0.3) is 0 Å². The van der Waals surface area contributed by atoms with Crippen molar-refractivity contribution in [2.24, 2.45) is 0 Å². The van der Waals surface area contributed by atoms with Gasteiger partial charge in [-0.1, -0.05) is 54.1 Å². The standard InChI is InChI=1S/C32H37N5O3S/c1-4-16-36(34-23-38)21-32(40)37(27-11-13-28(39)14-12-27)31(33-18-25-8-6-5-7-9-25)20-35(3)19-26-22-41-30-15-10-24(2)17-29(26)30/h4-15,17,22-23,31,33,39H,1,16,18-21H2,2-3H3,(H,34,38). The number of carbonyl (C=O) groups is 2. The summed E-state index contributed by atoms with van der Waals surface area (Å²) in [4.78, 5) is 29.0. The van der Waals surface area contributed by atoms with Crippen LogP contribution in [0.2, 0.25) is 0 Å². The molecule has 1 aromatic heterocycles. The number of nitrogens with zero attached hydrogens (tertiary/aromatic N) is 3. The number of aryl methyl sites for hydroxylation is 1. The number of aromatic hydroxyl groups is 1. The third-order valence-corrected chi connectivity index (χ3v) is 7.75. The van der Waals surface area contributed by atoms with Gasteiger partial charge in [-0.2, -0.15) is 0 Å². The molecule has 3 aromatic carbocycles. The summed E-state index contributed by atoms with van der Waals surface area (Å²) in [6.45, 7) is 7.85. The molecule has 0 saturated carbocycles. The zero-order valence-corrected chi connectivity index (χ0v) is 24.3. The molecule has 1 unspecified atom stereocenters. The number of rotatable bonds is 15. The first-order valence-electron chi connectivity index (χ1n) is 13.5. The highest BCUT2D eigenvalue weighted by Gasteiger charge is 2.28. The third kappa shape index (κ3) is 8.25. The fraction of sp³-hybridized carbons (Fsp3) is 0.250. The molecule has 0 spiro atoms. The van der Waals surface area contributed by atoms with E-state index in [0.717, 1.165) is 5.56 Å². The normalized spacial score (nSPS) is 12.0. The minimum atomic E-state index is -0.425. The van der Waals surface area contributed by atoms with Crippen LogP contribution in [0, 0.1) is 6.92 Å². The number of anilines is 1. The molecular formula is C32H37N5O3S. The lowest BCUT2D eigenvalue weighted by Crippen LogP contribution is -2.57. The van der Waals surface area contributed by atoms with Crippen LogP contribution in [0.3, 0.4) is 0 Å². The average molecular weight is 572 g/mol. The van der Waals surface area contributed by atoms with Gasteiger partial charge in [-0.25, -0.2) is 5.01 Å². The molecule has 0 aliphatic heterocycles. The van der Waals surface area contributed by atoms with E-state index in [1.54, 1.807) is 46.6 Å². The van der Waals surface area contributed by atoms with Gasteiger partial charge in [-0.05, 0) is 66.2 Å². The largest absolute Gasteiger partial charge is 0.508 e. The SMILES string of the molecule is C=CCN(CC(=O)N(c1ccc(O)cc1)C(CN(C)Cc1csc2ccc(C)cc12)NCc1ccccc1)NC=O. The average Bonchev–Trinajstić information content (AvgIpc) is 3.35. The fourth-order valence-electron chi connectivity index (χ4n) is 4.78. The van der Waals surface area contributed by atoms with Crippen molar-refractivity contribution < 1.29 is 14.7 Å². The number of fused-ring (bicyclic) bond motifs is 1. The van der Waals surface area contributed by atoms with Crippen LogP contribution in [0.25, 0.3) is 10.1 Å². The Morgan fingerprint density at radius 1 is 1.10 bits per heavy atom. The Morgan fingerprint density at radius 2 is 1.85 bits per heavy atom. The Bertz CT molecular complexity index is 1430. The van der Waals surface area contributed by atoms with Gasteiger partial charge in [0.15, 0.2) is 0 Å². The number of nitrogens with one attached hydrogen (secondary N) is 2. The summed E-state index contributed by atoms with van der Waals surface area (Å²) in [6.07, 6.45) is 1.75. The number of phenolic OH excluding ortho intramolecular Hbond substituents is 1. The Hall–Kier alpha value is -4.02. The summed E-state index contributed by atoms with van der Waals surface area (Å²) in [7, 11) is 2.05. The molecule has 41 heavy (non-hydrogen) atoms. The predicted octanol–water partition coefficient (Wildman–Crippen LogP) is 4.65. The lowest BCUT2D eigenvalue weighted by Gasteiger charge is -2.36. The topological polar surface area (TPSA) is 88.2 Å². The van der Waals surface area contributed by atoms with Crippen LogP contribution in [0.5, 0.6) is 5.75 Å². The number of thiophene rings is 1. The maximum Gasteiger partial charge on any atom is 0.244 e. The molecule has 9 heteroatoms. The summed E-state index contributed by atoms with van der Waals surface area (Å²) in [5, 5.41) is 18.5. The first kappa shape index (κ1) is 30.0. The molecule has 1 heterocycles. The van der Waals surface area contributed by atoms with Crippen molar-refractivity contribution in [3.05, 3.63) is 108 Å². The van der Waals surface area contributed by atoms with Crippen molar-refractivity contribution in [3.63, 3.8) is 0 Å². The van der Waals surface area contributed by atoms with Gasteiger partial charge < -0.3 is 5.11 Å². The number of benzene rings is 3. The first-order valence-corrected chi connectivity index (χ1v) is 14.3. The first-order chi connectivity index (χ1) is 19.9. The van der Waals surface area contributed by atoms with E-state index in [2.05, 4.69) is 52.7 Å². The molecule has 214 valence electrons. The lowest BCUT2D eigenvalue weighted by molar-refractivity contribution is -0.122. The van der Waals surface area contributed by atoms with Crippen LogP contribution in [0.15, 0.2) is 90.8 Å². The van der Waals surface area contributed by atoms with Crippen LogP contribution in [-0.2, 0) is 22.7 Å². The molecule has 2 amide bonds. The van der Waals surface area contributed by atoms with E-state index < -0.39 is 6.17 Å². The Balaban J connectivity index is 1.64. The highest BCUT2D eigenvalue weighted by molar-refractivity contribution is 7.17. The van der Waals surface area contributed by atoms with Gasteiger partial charge >= 0.3 is 0 Å². The summed E-state index contributed by atoms with van der Waals surface area (Å²) in [5.74, 6) is -0.106. The number of likely N-dealkylation sites (N-methyl/N-ethyl adjacent to an activating group) is 1. The molecule has 4 aromatic rings. The van der Waals surface area contributed by atoms with Crippen LogP contribution >= 0.6 is 11.3 Å². The summed E-state index contributed by atoms with van der Waals surface area (Å²) < 4.78 is 1.25. The smallest absolute Gasteiger partial charge is 0.244 e. The van der Waals surface area contributed by atoms with Gasteiger partial charge in [0.2, 0.25) is 12.3 Å². The summed E-state index contributed by atoms with van der Waals surface area (Å²) in [6, 6.07) is 23.1. The monoisotopic (exact) mass is 571 g/mol. The summed E-state index contributed by atoms with van der Waals surface area (Å²) in [5.41, 5.74) is 6.77. The molecule has 8 nitrogen and oxygen atoms in total. The Morgan fingerprint density at radius 3 is 2.56 bits per heavy atom. The number of hydrogen-bond acceptors (Lipinski definition) is 7. The van der Waals surface area contributed by atoms with Crippen LogP contribution in [0.1, 0.15) is 16.7 Å².